The molecule has 0 saturated heterocycles. The van der Waals surface area contributed by atoms with Gasteiger partial charge in [0.05, 0.1) is 16.8 Å². The van der Waals surface area contributed by atoms with E-state index in [1.54, 1.807) is 18.2 Å². The monoisotopic (exact) mass is 327 g/mol. The van der Waals surface area contributed by atoms with Gasteiger partial charge in [0, 0.05) is 10.7 Å². The third-order valence-corrected chi connectivity index (χ3v) is 2.89. The van der Waals surface area contributed by atoms with Gasteiger partial charge in [-0.3, -0.25) is 4.98 Å². The van der Waals surface area contributed by atoms with Crippen LogP contribution in [0.25, 0.3) is 0 Å². The van der Waals surface area contributed by atoms with E-state index in [9.17, 15) is 4.79 Å². The fraction of sp³-hybridized carbons (Fsp3) is 0. The summed E-state index contributed by atoms with van der Waals surface area (Å²) in [6, 6.07) is 6.53. The Morgan fingerprint density at radius 1 is 1.33 bits per heavy atom. The number of benzene rings is 1. The molecule has 4 nitrogen and oxygen atoms in total. The van der Waals surface area contributed by atoms with Gasteiger partial charge in [0.15, 0.2) is 0 Å². The zero-order valence-electron chi connectivity index (χ0n) is 8.93. The highest BCUT2D eigenvalue weighted by Crippen LogP contribution is 2.31. The number of pyridine rings is 1. The predicted molar refractivity (Wildman–Crippen MR) is 70.4 cm³/mol. The van der Waals surface area contributed by atoms with Crippen LogP contribution in [0, 0.1) is 0 Å². The molecule has 0 fully saturated rings. The second kappa shape index (κ2) is 5.37. The van der Waals surface area contributed by atoms with Crippen LogP contribution in [0.3, 0.4) is 0 Å². The minimum atomic E-state index is -1.06. The van der Waals surface area contributed by atoms with Crippen LogP contribution in [0.15, 0.2) is 41.1 Å². The van der Waals surface area contributed by atoms with E-state index in [0.717, 1.165) is 4.47 Å². The van der Waals surface area contributed by atoms with Gasteiger partial charge in [-0.05, 0) is 24.3 Å². The van der Waals surface area contributed by atoms with Gasteiger partial charge in [0.2, 0.25) is 0 Å². The number of rotatable bonds is 3. The lowest BCUT2D eigenvalue weighted by Gasteiger charge is -2.08. The van der Waals surface area contributed by atoms with Crippen molar-refractivity contribution in [2.45, 2.75) is 0 Å². The summed E-state index contributed by atoms with van der Waals surface area (Å²) in [6.45, 7) is 0. The third-order valence-electron chi connectivity index (χ3n) is 2.08. The zero-order valence-corrected chi connectivity index (χ0v) is 11.3. The van der Waals surface area contributed by atoms with Crippen molar-refractivity contribution >= 4 is 33.5 Å². The Labute approximate surface area is 116 Å². The summed E-state index contributed by atoms with van der Waals surface area (Å²) < 4.78 is 6.30. The Kier molecular flexibility index (Phi) is 3.84. The number of aromatic nitrogens is 1. The van der Waals surface area contributed by atoms with E-state index < -0.39 is 5.97 Å². The number of ether oxygens (including phenoxy) is 1. The molecular weight excluding hydrogens is 321 g/mol. The molecule has 1 aromatic carbocycles. The number of halogens is 2. The molecule has 0 aliphatic heterocycles. The Balaban J connectivity index is 2.31. The Morgan fingerprint density at radius 2 is 2.11 bits per heavy atom. The predicted octanol–water partition coefficient (Wildman–Crippen LogP) is 3.99. The number of hydrogen-bond donors (Lipinski definition) is 1. The minimum Gasteiger partial charge on any atom is -0.478 e. The molecule has 0 amide bonds. The first-order chi connectivity index (χ1) is 8.56. The molecule has 0 aliphatic rings. The lowest BCUT2D eigenvalue weighted by Crippen LogP contribution is -1.97. The van der Waals surface area contributed by atoms with E-state index in [1.807, 2.05) is 0 Å². The zero-order chi connectivity index (χ0) is 13.1. The summed E-state index contributed by atoms with van der Waals surface area (Å²) in [5, 5.41) is 9.27. The van der Waals surface area contributed by atoms with Crippen LogP contribution in [0.4, 0.5) is 0 Å². The quantitative estimate of drug-likeness (QED) is 0.925. The van der Waals surface area contributed by atoms with Gasteiger partial charge in [-0.2, -0.15) is 0 Å². The molecule has 92 valence electrons. The van der Waals surface area contributed by atoms with Gasteiger partial charge in [-0.1, -0.05) is 27.5 Å². The van der Waals surface area contributed by atoms with Gasteiger partial charge in [0.25, 0.3) is 0 Å². The van der Waals surface area contributed by atoms with E-state index in [0.29, 0.717) is 16.5 Å². The summed E-state index contributed by atoms with van der Waals surface area (Å²) in [4.78, 5) is 14.6. The van der Waals surface area contributed by atoms with Crippen molar-refractivity contribution < 1.29 is 14.6 Å². The van der Waals surface area contributed by atoms with Crippen LogP contribution in [0.1, 0.15) is 10.4 Å². The molecule has 2 rings (SSSR count). The van der Waals surface area contributed by atoms with Crippen molar-refractivity contribution in [3.05, 3.63) is 51.7 Å². The molecular formula is C12H7BrClNO3. The standard InChI is InChI=1S/C12H7BrClNO3/c13-8-1-2-10(14)11(4-8)18-9-3-7(12(16)17)5-15-6-9/h1-6H,(H,16,17). The molecule has 0 spiro atoms. The van der Waals surface area contributed by atoms with Crippen molar-refractivity contribution in [3.8, 4) is 11.5 Å². The van der Waals surface area contributed by atoms with Crippen molar-refractivity contribution in [2.75, 3.05) is 0 Å². The Hall–Kier alpha value is -1.59. The minimum absolute atomic E-state index is 0.0543. The molecule has 2 aromatic rings. The normalized spacial score (nSPS) is 10.1. The van der Waals surface area contributed by atoms with E-state index in [-0.39, 0.29) is 5.56 Å². The summed E-state index contributed by atoms with van der Waals surface area (Å²) in [5.74, 6) is -0.321. The van der Waals surface area contributed by atoms with E-state index >= 15 is 0 Å². The van der Waals surface area contributed by atoms with E-state index in [4.69, 9.17) is 21.4 Å². The number of hydrogen-bond acceptors (Lipinski definition) is 3. The third kappa shape index (κ3) is 3.00. The van der Waals surface area contributed by atoms with Gasteiger partial charge in [0.1, 0.15) is 11.5 Å². The fourth-order valence-corrected chi connectivity index (χ4v) is 1.77. The molecule has 18 heavy (non-hydrogen) atoms. The highest BCUT2D eigenvalue weighted by Gasteiger charge is 2.08. The number of aromatic carboxylic acids is 1. The van der Waals surface area contributed by atoms with E-state index in [2.05, 4.69) is 20.9 Å². The summed E-state index contributed by atoms with van der Waals surface area (Å²) in [5.41, 5.74) is 0.0543. The first kappa shape index (κ1) is 12.9. The van der Waals surface area contributed by atoms with Crippen molar-refractivity contribution in [1.82, 2.24) is 4.98 Å². The van der Waals surface area contributed by atoms with Gasteiger partial charge < -0.3 is 9.84 Å². The number of carboxylic acid groups (broad SMARTS) is 1. The molecule has 1 N–H and O–H groups in total. The first-order valence-electron chi connectivity index (χ1n) is 4.87. The fourth-order valence-electron chi connectivity index (χ4n) is 1.27. The Morgan fingerprint density at radius 3 is 2.83 bits per heavy atom. The lowest BCUT2D eigenvalue weighted by atomic mass is 10.3. The second-order valence-electron chi connectivity index (χ2n) is 3.39. The molecule has 0 atom stereocenters. The molecule has 0 aliphatic carbocycles. The van der Waals surface area contributed by atoms with Crippen LogP contribution < -0.4 is 4.74 Å². The topological polar surface area (TPSA) is 59.4 Å². The molecule has 1 aromatic heterocycles. The molecule has 6 heteroatoms. The average molecular weight is 329 g/mol. The van der Waals surface area contributed by atoms with Crippen LogP contribution >= 0.6 is 27.5 Å². The van der Waals surface area contributed by atoms with Crippen molar-refractivity contribution in [1.29, 1.82) is 0 Å². The molecule has 1 heterocycles. The van der Waals surface area contributed by atoms with Crippen LogP contribution in [0.5, 0.6) is 11.5 Å². The van der Waals surface area contributed by atoms with Gasteiger partial charge in [-0.15, -0.1) is 0 Å². The smallest absolute Gasteiger partial charge is 0.337 e. The maximum absolute atomic E-state index is 10.8. The van der Waals surface area contributed by atoms with Crippen LogP contribution in [0.2, 0.25) is 5.02 Å². The van der Waals surface area contributed by atoms with E-state index in [1.165, 1.54) is 18.5 Å². The summed E-state index contributed by atoms with van der Waals surface area (Å²) in [7, 11) is 0. The molecule has 0 radical (unpaired) electrons. The van der Waals surface area contributed by atoms with Gasteiger partial charge in [-0.25, -0.2) is 4.79 Å². The first-order valence-corrected chi connectivity index (χ1v) is 6.04. The molecule has 0 saturated carbocycles. The maximum Gasteiger partial charge on any atom is 0.337 e. The van der Waals surface area contributed by atoms with Crippen LogP contribution in [-0.4, -0.2) is 16.1 Å². The van der Waals surface area contributed by atoms with Crippen molar-refractivity contribution in [3.63, 3.8) is 0 Å². The summed E-state index contributed by atoms with van der Waals surface area (Å²) >= 11 is 9.26. The lowest BCUT2D eigenvalue weighted by molar-refractivity contribution is 0.0696. The van der Waals surface area contributed by atoms with Crippen LogP contribution in [-0.2, 0) is 0 Å². The highest BCUT2D eigenvalue weighted by molar-refractivity contribution is 9.10. The highest BCUT2D eigenvalue weighted by atomic mass is 79.9. The number of carbonyl (C=O) groups is 1. The SMILES string of the molecule is O=C(O)c1cncc(Oc2cc(Br)ccc2Cl)c1. The van der Waals surface area contributed by atoms with Gasteiger partial charge >= 0.3 is 5.97 Å². The molecule has 0 bridgehead atoms. The molecule has 0 unspecified atom stereocenters. The number of carboxylic acids is 1. The second-order valence-corrected chi connectivity index (χ2v) is 4.71. The largest absolute Gasteiger partial charge is 0.478 e. The average Bonchev–Trinajstić information content (AvgIpc) is 2.34. The Bertz CT molecular complexity index is 604. The summed E-state index contributed by atoms with van der Waals surface area (Å²) in [6.07, 6.45) is 2.67. The van der Waals surface area contributed by atoms with Crippen molar-refractivity contribution in [2.24, 2.45) is 0 Å². The maximum atomic E-state index is 10.8. The number of nitrogens with zero attached hydrogens (tertiary/aromatic N) is 1.